The van der Waals surface area contributed by atoms with Crippen molar-refractivity contribution in [3.63, 3.8) is 0 Å². The zero-order valence-corrected chi connectivity index (χ0v) is 15.8. The second-order valence-electron chi connectivity index (χ2n) is 9.15. The molecule has 4 aliphatic carbocycles. The van der Waals surface area contributed by atoms with Crippen molar-refractivity contribution in [3.05, 3.63) is 35.6 Å². The van der Waals surface area contributed by atoms with E-state index in [1.165, 1.54) is 12.0 Å². The molecule has 25 heavy (non-hydrogen) atoms. The Morgan fingerprint density at radius 2 is 2.12 bits per heavy atom. The fourth-order valence-electron chi connectivity index (χ4n) is 6.83. The minimum Gasteiger partial charge on any atom is -0.501 e. The molecule has 0 aromatic carbocycles. The summed E-state index contributed by atoms with van der Waals surface area (Å²) in [6.45, 7) is 8.84. The molecule has 0 radical (unpaired) electrons. The molecule has 0 aliphatic heterocycles. The van der Waals surface area contributed by atoms with Gasteiger partial charge >= 0.3 is 0 Å². The molecule has 134 valence electrons. The summed E-state index contributed by atoms with van der Waals surface area (Å²) in [7, 11) is 1.77. The number of hydrogen-bond acceptors (Lipinski definition) is 2. The lowest BCUT2D eigenvalue weighted by Crippen LogP contribution is -2.56. The zero-order chi connectivity index (χ0) is 18.0. The van der Waals surface area contributed by atoms with E-state index in [1.54, 1.807) is 7.11 Å². The maximum atomic E-state index is 11.2. The number of terminal acetylenes is 1. The Morgan fingerprint density at radius 1 is 1.36 bits per heavy atom. The van der Waals surface area contributed by atoms with Gasteiger partial charge in [-0.15, -0.1) is 6.42 Å². The van der Waals surface area contributed by atoms with Gasteiger partial charge in [-0.1, -0.05) is 32.4 Å². The van der Waals surface area contributed by atoms with Gasteiger partial charge in [0.2, 0.25) is 0 Å². The number of hydrogen-bond donors (Lipinski definition) is 1. The molecule has 4 aliphatic rings. The maximum absolute atomic E-state index is 11.2. The predicted molar refractivity (Wildman–Crippen MR) is 100 cm³/mol. The average Bonchev–Trinajstić information content (AvgIpc) is 2.83. The third kappa shape index (κ3) is 1.97. The van der Waals surface area contributed by atoms with Gasteiger partial charge in [-0.05, 0) is 72.5 Å². The van der Waals surface area contributed by atoms with Crippen LogP contribution < -0.4 is 0 Å². The van der Waals surface area contributed by atoms with E-state index in [0.717, 1.165) is 43.4 Å². The van der Waals surface area contributed by atoms with E-state index in [9.17, 15) is 5.11 Å². The van der Waals surface area contributed by atoms with Crippen LogP contribution in [0.1, 0.15) is 52.4 Å². The number of methoxy groups -OCH3 is 1. The van der Waals surface area contributed by atoms with Crippen LogP contribution in [0.5, 0.6) is 0 Å². The lowest BCUT2D eigenvalue weighted by Gasteiger charge is -2.59. The molecule has 0 amide bonds. The molecule has 0 saturated heterocycles. The van der Waals surface area contributed by atoms with Crippen molar-refractivity contribution < 1.29 is 9.84 Å². The van der Waals surface area contributed by atoms with Crippen molar-refractivity contribution in [2.75, 3.05) is 7.11 Å². The fourth-order valence-corrected chi connectivity index (χ4v) is 6.83. The lowest BCUT2D eigenvalue weighted by atomic mass is 9.45. The van der Waals surface area contributed by atoms with Crippen LogP contribution in [0.4, 0.5) is 0 Å². The summed E-state index contributed by atoms with van der Waals surface area (Å²) in [4.78, 5) is 0. The third-order valence-corrected chi connectivity index (χ3v) is 8.37. The number of allylic oxidation sites excluding steroid dienone is 4. The second kappa shape index (κ2) is 5.27. The van der Waals surface area contributed by atoms with Crippen LogP contribution in [0.3, 0.4) is 0 Å². The number of rotatable bonds is 1. The van der Waals surface area contributed by atoms with Crippen LogP contribution in [0.25, 0.3) is 0 Å². The van der Waals surface area contributed by atoms with Crippen molar-refractivity contribution in [1.82, 2.24) is 0 Å². The average molecular weight is 338 g/mol. The van der Waals surface area contributed by atoms with Gasteiger partial charge in [0.25, 0.3) is 0 Å². The normalized spacial score (nSPS) is 48.4. The van der Waals surface area contributed by atoms with Crippen LogP contribution >= 0.6 is 0 Å². The lowest BCUT2D eigenvalue weighted by molar-refractivity contribution is -0.115. The van der Waals surface area contributed by atoms with Crippen molar-refractivity contribution >= 4 is 0 Å². The molecule has 2 saturated carbocycles. The molecule has 6 atom stereocenters. The summed E-state index contributed by atoms with van der Waals surface area (Å²) in [6.07, 6.45) is 16.8. The van der Waals surface area contributed by atoms with E-state index in [-0.39, 0.29) is 10.8 Å². The molecular formula is C23H30O2. The third-order valence-electron chi connectivity index (χ3n) is 8.37. The van der Waals surface area contributed by atoms with Crippen LogP contribution in [-0.4, -0.2) is 17.8 Å². The van der Waals surface area contributed by atoms with Crippen LogP contribution in [0.2, 0.25) is 0 Å². The monoisotopic (exact) mass is 338 g/mol. The van der Waals surface area contributed by atoms with Gasteiger partial charge in [-0.2, -0.15) is 0 Å². The SMILES string of the molecule is C#C[C@]1(O)C(=C)C[C@H]2C3(C)CC=C4C=C(OC)CC[C@@H]4[C@H]3CC[C@@]21C. The van der Waals surface area contributed by atoms with E-state index >= 15 is 0 Å². The van der Waals surface area contributed by atoms with E-state index in [2.05, 4.69) is 38.5 Å². The van der Waals surface area contributed by atoms with Crippen LogP contribution in [0.15, 0.2) is 35.6 Å². The smallest absolute Gasteiger partial charge is 0.152 e. The highest BCUT2D eigenvalue weighted by Gasteiger charge is 2.67. The van der Waals surface area contributed by atoms with E-state index < -0.39 is 5.60 Å². The minimum atomic E-state index is -1.15. The van der Waals surface area contributed by atoms with Crippen molar-refractivity contribution in [2.24, 2.45) is 28.6 Å². The highest BCUT2D eigenvalue weighted by Crippen LogP contribution is 2.70. The van der Waals surface area contributed by atoms with E-state index in [0.29, 0.717) is 17.8 Å². The number of ether oxygens (including phenoxy) is 1. The van der Waals surface area contributed by atoms with Crippen molar-refractivity contribution in [2.45, 2.75) is 58.0 Å². The molecule has 2 nitrogen and oxygen atoms in total. The summed E-state index contributed by atoms with van der Waals surface area (Å²) in [6, 6.07) is 0. The zero-order valence-electron chi connectivity index (χ0n) is 15.8. The molecule has 1 unspecified atom stereocenters. The predicted octanol–water partition coefficient (Wildman–Crippen LogP) is 4.62. The molecule has 2 fully saturated rings. The minimum absolute atomic E-state index is 0.184. The first-order chi connectivity index (χ1) is 11.8. The first kappa shape index (κ1) is 17.0. The first-order valence-electron chi connectivity index (χ1n) is 9.63. The first-order valence-corrected chi connectivity index (χ1v) is 9.63. The Morgan fingerprint density at radius 3 is 2.80 bits per heavy atom. The number of aliphatic hydroxyl groups is 1. The summed E-state index contributed by atoms with van der Waals surface area (Å²) >= 11 is 0. The van der Waals surface area contributed by atoms with E-state index in [1.807, 2.05) is 0 Å². The Kier molecular flexibility index (Phi) is 3.58. The quantitative estimate of drug-likeness (QED) is 0.558. The molecule has 1 N–H and O–H groups in total. The topological polar surface area (TPSA) is 29.5 Å². The Bertz CT molecular complexity index is 723. The Labute approximate surface area is 152 Å². The van der Waals surface area contributed by atoms with E-state index in [4.69, 9.17) is 11.2 Å². The van der Waals surface area contributed by atoms with Crippen molar-refractivity contribution in [1.29, 1.82) is 0 Å². The molecule has 4 rings (SSSR count). The van der Waals surface area contributed by atoms with Gasteiger partial charge in [0.15, 0.2) is 5.60 Å². The highest BCUT2D eigenvalue weighted by molar-refractivity contribution is 5.41. The van der Waals surface area contributed by atoms with Crippen molar-refractivity contribution in [3.8, 4) is 12.3 Å². The number of fused-ring (bicyclic) bond motifs is 5. The summed E-state index contributed by atoms with van der Waals surface area (Å²) in [5.74, 6) is 5.52. The van der Waals surface area contributed by atoms with Gasteiger partial charge in [0, 0.05) is 11.8 Å². The van der Waals surface area contributed by atoms with Gasteiger partial charge in [-0.25, -0.2) is 0 Å². The molecule has 2 heteroatoms. The standard InChI is InChI=1S/C23H30O2/c1-6-23(24)15(2)13-20-21(3)11-9-16-14-17(25-5)7-8-18(16)19(21)10-12-22(20,23)4/h1,9,14,18-20,24H,2,7-8,10-13H2,3-5H3/t18-,19+,20-,21?,22-,23-/m0/s1. The van der Waals surface area contributed by atoms with Gasteiger partial charge in [0.1, 0.15) is 0 Å². The second-order valence-corrected chi connectivity index (χ2v) is 9.15. The fraction of sp³-hybridized carbons (Fsp3) is 0.652. The molecule has 0 aromatic heterocycles. The summed E-state index contributed by atoms with van der Waals surface area (Å²) in [5, 5.41) is 11.2. The maximum Gasteiger partial charge on any atom is 0.152 e. The van der Waals surface area contributed by atoms with Crippen LogP contribution in [-0.2, 0) is 4.74 Å². The summed E-state index contributed by atoms with van der Waals surface area (Å²) < 4.78 is 5.50. The molecule has 0 aromatic rings. The summed E-state index contributed by atoms with van der Waals surface area (Å²) in [5.41, 5.74) is 1.11. The van der Waals surface area contributed by atoms with Gasteiger partial charge in [-0.3, -0.25) is 0 Å². The molecule has 0 spiro atoms. The highest BCUT2D eigenvalue weighted by atomic mass is 16.5. The van der Waals surface area contributed by atoms with Gasteiger partial charge in [0.05, 0.1) is 12.9 Å². The largest absolute Gasteiger partial charge is 0.501 e. The molecule has 0 bridgehead atoms. The van der Waals surface area contributed by atoms with Gasteiger partial charge < -0.3 is 9.84 Å². The van der Waals surface area contributed by atoms with Crippen LogP contribution in [0, 0.1) is 40.9 Å². The Hall–Kier alpha value is -1.46. The molecule has 0 heterocycles. The Balaban J connectivity index is 1.75. The molecular weight excluding hydrogens is 308 g/mol.